The first-order valence-electron chi connectivity index (χ1n) is 6.95. The third-order valence-electron chi connectivity index (χ3n) is 3.02. The molecule has 0 heterocycles. The van der Waals surface area contributed by atoms with Gasteiger partial charge >= 0.3 is 0 Å². The summed E-state index contributed by atoms with van der Waals surface area (Å²) in [6.45, 7) is 4.22. The third-order valence-corrected chi connectivity index (χ3v) is 3.02. The Bertz CT molecular complexity index is 350. The van der Waals surface area contributed by atoms with Crippen molar-refractivity contribution >= 4 is 11.8 Å². The number of hydrogen-bond acceptors (Lipinski definition) is 4. The van der Waals surface area contributed by atoms with Crippen LogP contribution in [0, 0.1) is 11.3 Å². The van der Waals surface area contributed by atoms with Crippen molar-refractivity contribution in [2.45, 2.75) is 26.2 Å². The lowest BCUT2D eigenvalue weighted by Gasteiger charge is -2.24. The highest BCUT2D eigenvalue weighted by molar-refractivity contribution is 5.78. The van der Waals surface area contributed by atoms with Crippen LogP contribution in [0.4, 0.5) is 0 Å². The molecule has 0 unspecified atom stereocenters. The van der Waals surface area contributed by atoms with E-state index in [9.17, 15) is 9.59 Å². The lowest BCUT2D eigenvalue weighted by Crippen LogP contribution is -2.39. The molecule has 0 fully saturated rings. The molecule has 0 aliphatic carbocycles. The molecule has 0 aliphatic heterocycles. The van der Waals surface area contributed by atoms with Gasteiger partial charge in [-0.25, -0.2) is 0 Å². The summed E-state index contributed by atoms with van der Waals surface area (Å²) >= 11 is 0. The summed E-state index contributed by atoms with van der Waals surface area (Å²) in [6.07, 6.45) is 1.67. The summed E-state index contributed by atoms with van der Waals surface area (Å²) in [4.78, 5) is 28.7. The van der Waals surface area contributed by atoms with E-state index in [1.807, 2.05) is 17.9 Å². The Morgan fingerprint density at radius 1 is 1.05 bits per heavy atom. The van der Waals surface area contributed by atoms with Gasteiger partial charge in [-0.2, -0.15) is 5.26 Å². The number of hydrogen-bond donors (Lipinski definition) is 0. The van der Waals surface area contributed by atoms with Crippen LogP contribution >= 0.6 is 0 Å². The molecule has 0 N–H and O–H groups in total. The highest BCUT2D eigenvalue weighted by atomic mass is 16.2. The highest BCUT2D eigenvalue weighted by Gasteiger charge is 2.14. The summed E-state index contributed by atoms with van der Waals surface area (Å²) < 4.78 is 0. The molecule has 6 nitrogen and oxygen atoms in total. The number of nitrogens with zero attached hydrogens (tertiary/aromatic N) is 4. The Hall–Kier alpha value is -1.61. The van der Waals surface area contributed by atoms with Gasteiger partial charge in [-0.15, -0.1) is 0 Å². The van der Waals surface area contributed by atoms with Gasteiger partial charge < -0.3 is 9.80 Å². The van der Waals surface area contributed by atoms with Crippen LogP contribution in [0.2, 0.25) is 0 Å². The van der Waals surface area contributed by atoms with E-state index in [0.717, 1.165) is 13.0 Å². The normalized spacial score (nSPS) is 10.2. The van der Waals surface area contributed by atoms with Gasteiger partial charge in [0.15, 0.2) is 0 Å². The van der Waals surface area contributed by atoms with Crippen LogP contribution in [0.5, 0.6) is 0 Å². The number of carbonyl (C=O) groups excluding carboxylic acids is 2. The summed E-state index contributed by atoms with van der Waals surface area (Å²) in [6, 6.07) is 2.02. The van der Waals surface area contributed by atoms with Gasteiger partial charge in [-0.3, -0.25) is 14.5 Å². The van der Waals surface area contributed by atoms with Crippen molar-refractivity contribution in [3.8, 4) is 6.07 Å². The molecule has 0 aromatic carbocycles. The number of likely N-dealkylation sites (N-methyl/N-ethyl adjacent to an activating group) is 1. The number of nitriles is 1. The maximum Gasteiger partial charge on any atom is 0.236 e. The predicted octanol–water partition coefficient (Wildman–Crippen LogP) is 0.549. The van der Waals surface area contributed by atoms with Crippen LogP contribution < -0.4 is 0 Å². The molecule has 0 rings (SSSR count). The van der Waals surface area contributed by atoms with Crippen molar-refractivity contribution in [3.05, 3.63) is 0 Å². The van der Waals surface area contributed by atoms with Gasteiger partial charge in [0.2, 0.25) is 11.8 Å². The minimum Gasteiger partial charge on any atom is -0.348 e. The molecule has 0 bridgehead atoms. The molecule has 20 heavy (non-hydrogen) atoms. The van der Waals surface area contributed by atoms with Gasteiger partial charge in [-0.1, -0.05) is 6.92 Å². The van der Waals surface area contributed by atoms with Crippen molar-refractivity contribution < 1.29 is 9.59 Å². The van der Waals surface area contributed by atoms with Gasteiger partial charge in [0.1, 0.15) is 0 Å². The minimum absolute atomic E-state index is 0.0126. The third kappa shape index (κ3) is 7.74. The largest absolute Gasteiger partial charge is 0.348 e. The van der Waals surface area contributed by atoms with Crippen LogP contribution in [-0.2, 0) is 9.59 Å². The fourth-order valence-corrected chi connectivity index (χ4v) is 1.71. The Morgan fingerprint density at radius 2 is 1.70 bits per heavy atom. The molecule has 6 heteroatoms. The molecular weight excluding hydrogens is 256 g/mol. The molecule has 0 saturated heterocycles. The second kappa shape index (κ2) is 10.2. The quantitative estimate of drug-likeness (QED) is 0.619. The van der Waals surface area contributed by atoms with Gasteiger partial charge in [-0.05, 0) is 13.0 Å². The fourth-order valence-electron chi connectivity index (χ4n) is 1.71. The monoisotopic (exact) mass is 282 g/mol. The SMILES string of the molecule is CCCN(CCC(=O)N(C)CCC#N)CC(=O)N(C)C. The van der Waals surface area contributed by atoms with Crippen molar-refractivity contribution in [3.63, 3.8) is 0 Å². The Morgan fingerprint density at radius 3 is 2.20 bits per heavy atom. The second-order valence-corrected chi connectivity index (χ2v) is 5.04. The summed E-state index contributed by atoms with van der Waals surface area (Å²) in [7, 11) is 5.16. The zero-order valence-corrected chi connectivity index (χ0v) is 13.1. The summed E-state index contributed by atoms with van der Waals surface area (Å²) in [5.41, 5.74) is 0. The number of amides is 2. The van der Waals surface area contributed by atoms with E-state index in [4.69, 9.17) is 5.26 Å². The van der Waals surface area contributed by atoms with Crippen LogP contribution in [0.3, 0.4) is 0 Å². The zero-order valence-electron chi connectivity index (χ0n) is 13.1. The molecule has 0 aromatic heterocycles. The van der Waals surface area contributed by atoms with Crippen molar-refractivity contribution in [1.82, 2.24) is 14.7 Å². The molecular formula is C14H26N4O2. The van der Waals surface area contributed by atoms with Crippen molar-refractivity contribution in [2.75, 3.05) is 47.3 Å². The summed E-state index contributed by atoms with van der Waals surface area (Å²) in [5.74, 6) is 0.0578. The van der Waals surface area contributed by atoms with E-state index in [-0.39, 0.29) is 11.8 Å². The Kier molecular flexibility index (Phi) is 9.39. The van der Waals surface area contributed by atoms with Crippen molar-refractivity contribution in [1.29, 1.82) is 5.26 Å². The Labute approximate surface area is 121 Å². The van der Waals surface area contributed by atoms with Gasteiger partial charge in [0.25, 0.3) is 0 Å². The Balaban J connectivity index is 4.23. The molecule has 0 spiro atoms. The number of carbonyl (C=O) groups is 2. The standard InChI is InChI=1S/C14H26N4O2/c1-5-9-18(12-14(20)16(2)3)11-7-13(19)17(4)10-6-8-15/h5-7,9-12H2,1-4H3. The van der Waals surface area contributed by atoms with E-state index in [1.54, 1.807) is 30.9 Å². The molecule has 0 saturated carbocycles. The van der Waals surface area contributed by atoms with Crippen LogP contribution in [-0.4, -0.2) is 73.8 Å². The topological polar surface area (TPSA) is 67.6 Å². The highest BCUT2D eigenvalue weighted by Crippen LogP contribution is 1.99. The lowest BCUT2D eigenvalue weighted by molar-refractivity contribution is -0.132. The van der Waals surface area contributed by atoms with Crippen LogP contribution in [0.25, 0.3) is 0 Å². The van der Waals surface area contributed by atoms with Crippen LogP contribution in [0.1, 0.15) is 26.2 Å². The molecule has 2 amide bonds. The molecule has 0 aliphatic rings. The fraction of sp³-hybridized carbons (Fsp3) is 0.786. The lowest BCUT2D eigenvalue weighted by atomic mass is 10.3. The van der Waals surface area contributed by atoms with E-state index in [0.29, 0.717) is 32.5 Å². The average molecular weight is 282 g/mol. The van der Waals surface area contributed by atoms with Crippen LogP contribution in [0.15, 0.2) is 0 Å². The van der Waals surface area contributed by atoms with Gasteiger partial charge in [0, 0.05) is 40.7 Å². The maximum atomic E-state index is 11.9. The first-order valence-corrected chi connectivity index (χ1v) is 6.95. The zero-order chi connectivity index (χ0) is 15.5. The predicted molar refractivity (Wildman–Crippen MR) is 77.9 cm³/mol. The summed E-state index contributed by atoms with van der Waals surface area (Å²) in [5, 5.41) is 8.50. The van der Waals surface area contributed by atoms with E-state index >= 15 is 0 Å². The first-order chi connectivity index (χ1) is 9.42. The smallest absolute Gasteiger partial charge is 0.236 e. The maximum absolute atomic E-state index is 11.9. The molecule has 114 valence electrons. The molecule has 0 aromatic rings. The van der Waals surface area contributed by atoms with E-state index < -0.39 is 0 Å². The first kappa shape index (κ1) is 18.4. The van der Waals surface area contributed by atoms with Gasteiger partial charge in [0.05, 0.1) is 19.0 Å². The second-order valence-electron chi connectivity index (χ2n) is 5.04. The van der Waals surface area contributed by atoms with E-state index in [1.165, 1.54) is 0 Å². The molecule has 0 radical (unpaired) electrons. The number of rotatable bonds is 9. The van der Waals surface area contributed by atoms with Crippen molar-refractivity contribution in [2.24, 2.45) is 0 Å². The van der Waals surface area contributed by atoms with E-state index in [2.05, 4.69) is 0 Å². The average Bonchev–Trinajstić information content (AvgIpc) is 2.41. The minimum atomic E-state index is 0.0126. The molecule has 0 atom stereocenters.